The first-order chi connectivity index (χ1) is 12.7. The van der Waals surface area contributed by atoms with Crippen LogP contribution in [-0.4, -0.2) is 4.40 Å². The Morgan fingerprint density at radius 2 is 1.30 bits per heavy atom. The van der Waals surface area contributed by atoms with Gasteiger partial charge >= 0.3 is 12.4 Å². The van der Waals surface area contributed by atoms with Gasteiger partial charge in [0.2, 0.25) is 0 Å². The molecule has 0 saturated heterocycles. The maximum Gasteiger partial charge on any atom is 0.417 e. The molecule has 0 atom stereocenters. The molecule has 0 fully saturated rings. The van der Waals surface area contributed by atoms with E-state index in [4.69, 9.17) is 0 Å². The van der Waals surface area contributed by atoms with Crippen LogP contribution in [0.1, 0.15) is 11.1 Å². The van der Waals surface area contributed by atoms with Gasteiger partial charge in [0.15, 0.2) is 0 Å². The van der Waals surface area contributed by atoms with E-state index < -0.39 is 23.5 Å². The molecule has 1 aliphatic carbocycles. The van der Waals surface area contributed by atoms with Crippen molar-refractivity contribution in [3.05, 3.63) is 65.9 Å². The lowest BCUT2D eigenvalue weighted by Gasteiger charge is -2.17. The number of halogens is 6. The van der Waals surface area contributed by atoms with Crippen LogP contribution >= 0.6 is 0 Å². The van der Waals surface area contributed by atoms with Crippen LogP contribution in [0.2, 0.25) is 0 Å². The third-order valence-corrected chi connectivity index (χ3v) is 4.98. The van der Waals surface area contributed by atoms with Crippen LogP contribution in [0, 0.1) is 0 Å². The fraction of sp³-hybridized carbons (Fsp3) is 0.100. The van der Waals surface area contributed by atoms with Crippen LogP contribution in [0.4, 0.5) is 26.3 Å². The molecule has 0 bridgehead atoms. The Morgan fingerprint density at radius 3 is 1.96 bits per heavy atom. The van der Waals surface area contributed by atoms with E-state index in [2.05, 4.69) is 0 Å². The summed E-state index contributed by atoms with van der Waals surface area (Å²) in [5.74, 6) is 0. The van der Waals surface area contributed by atoms with Gasteiger partial charge in [-0.2, -0.15) is 26.3 Å². The summed E-state index contributed by atoms with van der Waals surface area (Å²) in [6.07, 6.45) is -8.25. The highest BCUT2D eigenvalue weighted by Gasteiger charge is 2.44. The number of benzene rings is 2. The van der Waals surface area contributed by atoms with Crippen molar-refractivity contribution in [3.63, 3.8) is 0 Å². The second-order valence-electron chi connectivity index (χ2n) is 6.44. The van der Waals surface area contributed by atoms with Crippen molar-refractivity contribution in [2.24, 2.45) is 0 Å². The molecule has 0 saturated carbocycles. The van der Waals surface area contributed by atoms with Crippen LogP contribution in [0.25, 0.3) is 38.7 Å². The van der Waals surface area contributed by atoms with Gasteiger partial charge in [0.1, 0.15) is 0 Å². The second kappa shape index (κ2) is 4.85. The van der Waals surface area contributed by atoms with E-state index in [0.717, 1.165) is 0 Å². The zero-order valence-corrected chi connectivity index (χ0v) is 13.4. The smallest absolute Gasteiger partial charge is 0.315 e. The van der Waals surface area contributed by atoms with Crippen LogP contribution in [0.3, 0.4) is 0 Å². The lowest BCUT2D eigenvalue weighted by molar-refractivity contribution is -0.141. The molecule has 1 aliphatic rings. The third-order valence-electron chi connectivity index (χ3n) is 4.98. The highest BCUT2D eigenvalue weighted by atomic mass is 19.4. The minimum absolute atomic E-state index is 0.00421. The normalized spacial score (nSPS) is 13.6. The van der Waals surface area contributed by atoms with Gasteiger partial charge in [-0.15, -0.1) is 0 Å². The fourth-order valence-corrected chi connectivity index (χ4v) is 4.05. The molecule has 0 aliphatic heterocycles. The molecule has 2 heterocycles. The Morgan fingerprint density at radius 1 is 0.667 bits per heavy atom. The zero-order chi connectivity index (χ0) is 19.1. The van der Waals surface area contributed by atoms with Gasteiger partial charge in [0.05, 0.1) is 22.3 Å². The first kappa shape index (κ1) is 16.2. The Kier molecular flexibility index (Phi) is 2.92. The second-order valence-corrected chi connectivity index (χ2v) is 6.44. The maximum absolute atomic E-state index is 13.7. The summed E-state index contributed by atoms with van der Waals surface area (Å²) in [5.41, 5.74) is -1.32. The molecule has 0 spiro atoms. The van der Waals surface area contributed by atoms with Crippen LogP contribution in [-0.2, 0) is 12.4 Å². The predicted octanol–water partition coefficient (Wildman–Crippen LogP) is 6.78. The molecule has 2 aromatic heterocycles. The lowest BCUT2D eigenvalue weighted by atomic mass is 9.94. The van der Waals surface area contributed by atoms with E-state index in [9.17, 15) is 26.3 Å². The van der Waals surface area contributed by atoms with E-state index in [1.54, 1.807) is 36.5 Å². The zero-order valence-electron chi connectivity index (χ0n) is 13.4. The molecule has 7 heteroatoms. The largest absolute Gasteiger partial charge is 0.417 e. The van der Waals surface area contributed by atoms with Gasteiger partial charge in [-0.25, -0.2) is 0 Å². The lowest BCUT2D eigenvalue weighted by Crippen LogP contribution is -2.12. The van der Waals surface area contributed by atoms with Crippen LogP contribution in [0.5, 0.6) is 0 Å². The number of aromatic nitrogens is 1. The monoisotopic (exact) mass is 377 g/mol. The van der Waals surface area contributed by atoms with Gasteiger partial charge in [-0.05, 0) is 23.8 Å². The van der Waals surface area contributed by atoms with Crippen molar-refractivity contribution in [2.75, 3.05) is 0 Å². The molecule has 0 unspecified atom stereocenters. The minimum Gasteiger partial charge on any atom is -0.315 e. The topological polar surface area (TPSA) is 4.41 Å². The SMILES string of the molecule is FC(F)(F)c1cc(C(F)(F)F)c2c3c1-c1ccccc1-c3n1ccccc21. The van der Waals surface area contributed by atoms with E-state index >= 15 is 0 Å². The van der Waals surface area contributed by atoms with E-state index in [-0.39, 0.29) is 27.9 Å². The van der Waals surface area contributed by atoms with E-state index in [0.29, 0.717) is 16.8 Å². The molecule has 4 aromatic rings. The highest BCUT2D eigenvalue weighted by Crippen LogP contribution is 2.56. The molecule has 2 aromatic carbocycles. The average Bonchev–Trinajstić information content (AvgIpc) is 3.11. The maximum atomic E-state index is 13.7. The van der Waals surface area contributed by atoms with Crippen molar-refractivity contribution in [1.82, 2.24) is 4.40 Å². The number of hydrogen-bond donors (Lipinski definition) is 0. The Hall–Kier alpha value is -2.96. The molecule has 0 radical (unpaired) electrons. The molecule has 5 rings (SSSR count). The number of nitrogens with zero attached hydrogens (tertiary/aromatic N) is 1. The molecular formula is C20H9F6N. The highest BCUT2D eigenvalue weighted by molar-refractivity contribution is 6.22. The molecule has 0 amide bonds. The van der Waals surface area contributed by atoms with E-state index in [1.165, 1.54) is 16.5 Å². The number of hydrogen-bond acceptors (Lipinski definition) is 0. The van der Waals surface area contributed by atoms with Gasteiger partial charge in [0.25, 0.3) is 0 Å². The summed E-state index contributed by atoms with van der Waals surface area (Å²) in [6.45, 7) is 0. The average molecular weight is 377 g/mol. The van der Waals surface area contributed by atoms with Crippen LogP contribution in [0.15, 0.2) is 54.7 Å². The van der Waals surface area contributed by atoms with Gasteiger partial charge < -0.3 is 4.40 Å². The van der Waals surface area contributed by atoms with Crippen LogP contribution < -0.4 is 0 Å². The van der Waals surface area contributed by atoms with Crippen molar-refractivity contribution in [1.29, 1.82) is 0 Å². The number of pyridine rings is 1. The van der Waals surface area contributed by atoms with E-state index in [1.807, 2.05) is 0 Å². The quantitative estimate of drug-likeness (QED) is 0.262. The van der Waals surface area contributed by atoms with Gasteiger partial charge in [0, 0.05) is 28.1 Å². The Bertz CT molecular complexity index is 1240. The Balaban J connectivity index is 2.13. The molecule has 136 valence electrons. The van der Waals surface area contributed by atoms with Gasteiger partial charge in [-0.1, -0.05) is 30.3 Å². The number of alkyl halides is 6. The Labute approximate surface area is 148 Å². The predicted molar refractivity (Wildman–Crippen MR) is 89.3 cm³/mol. The first-order valence-corrected chi connectivity index (χ1v) is 8.03. The van der Waals surface area contributed by atoms with Crippen molar-refractivity contribution < 1.29 is 26.3 Å². The summed E-state index contributed by atoms with van der Waals surface area (Å²) >= 11 is 0. The first-order valence-electron chi connectivity index (χ1n) is 8.03. The third kappa shape index (κ3) is 2.02. The molecular weight excluding hydrogens is 368 g/mol. The molecule has 27 heavy (non-hydrogen) atoms. The minimum atomic E-state index is -4.91. The van der Waals surface area contributed by atoms with Gasteiger partial charge in [-0.3, -0.25) is 0 Å². The van der Waals surface area contributed by atoms with Crippen molar-refractivity contribution in [2.45, 2.75) is 12.4 Å². The molecule has 0 N–H and O–H groups in total. The standard InChI is InChI=1S/C20H9F6N/c21-19(22,23)12-9-13(20(24,25)26)16-14-7-3-4-8-27(14)18-11-6-2-1-5-10(11)15(12)17(16)18/h1-9H. The van der Waals surface area contributed by atoms with Crippen molar-refractivity contribution >= 4 is 16.3 Å². The molecule has 1 nitrogen and oxygen atoms in total. The number of rotatable bonds is 0. The summed E-state index contributed by atoms with van der Waals surface area (Å²) in [5, 5.41) is -0.193. The summed E-state index contributed by atoms with van der Waals surface area (Å²) in [4.78, 5) is 0. The summed E-state index contributed by atoms with van der Waals surface area (Å²) in [7, 11) is 0. The number of fused-ring (bicyclic) bond motifs is 6. The summed E-state index contributed by atoms with van der Waals surface area (Å²) < 4.78 is 83.9. The van der Waals surface area contributed by atoms with Crippen molar-refractivity contribution in [3.8, 4) is 22.4 Å². The summed E-state index contributed by atoms with van der Waals surface area (Å²) in [6, 6.07) is 11.4. The fourth-order valence-electron chi connectivity index (χ4n) is 4.05.